The Morgan fingerprint density at radius 2 is 1.80 bits per heavy atom. The molecule has 0 radical (unpaired) electrons. The molecule has 0 aliphatic heterocycles. The van der Waals surface area contributed by atoms with Crippen LogP contribution in [0.25, 0.3) is 0 Å². The van der Waals surface area contributed by atoms with Gasteiger partial charge in [0.25, 0.3) is 0 Å². The van der Waals surface area contributed by atoms with Crippen molar-refractivity contribution in [1.82, 2.24) is 5.32 Å². The predicted octanol–water partition coefficient (Wildman–Crippen LogP) is 3.11. The standard InChI is InChI=1S/C13H17F4NO2/c1-4-18-11(12(19-2)20-3)8-5-6-10(14)9(7-8)13(15,16)17/h5-7,11-12,18H,4H2,1-3H3. The molecule has 0 saturated heterocycles. The molecule has 0 saturated carbocycles. The largest absolute Gasteiger partial charge is 0.419 e. The molecule has 0 bridgehead atoms. The second-order valence-electron chi connectivity index (χ2n) is 4.11. The van der Waals surface area contributed by atoms with E-state index in [0.29, 0.717) is 6.54 Å². The van der Waals surface area contributed by atoms with E-state index in [1.807, 2.05) is 0 Å². The van der Waals surface area contributed by atoms with E-state index in [4.69, 9.17) is 9.47 Å². The van der Waals surface area contributed by atoms with Gasteiger partial charge in [-0.15, -0.1) is 0 Å². The zero-order valence-corrected chi connectivity index (χ0v) is 11.4. The van der Waals surface area contributed by atoms with Gasteiger partial charge in [-0.2, -0.15) is 13.2 Å². The Morgan fingerprint density at radius 3 is 2.25 bits per heavy atom. The molecule has 1 aromatic rings. The second-order valence-corrected chi connectivity index (χ2v) is 4.11. The molecule has 7 heteroatoms. The van der Waals surface area contributed by atoms with Gasteiger partial charge in [-0.3, -0.25) is 0 Å². The summed E-state index contributed by atoms with van der Waals surface area (Å²) in [5, 5.41) is 2.96. The lowest BCUT2D eigenvalue weighted by atomic mass is 10.0. The zero-order valence-electron chi connectivity index (χ0n) is 11.4. The lowest BCUT2D eigenvalue weighted by Gasteiger charge is -2.26. The summed E-state index contributed by atoms with van der Waals surface area (Å²) in [5.74, 6) is -1.30. The average molecular weight is 295 g/mol. The van der Waals surface area contributed by atoms with Gasteiger partial charge in [0.2, 0.25) is 0 Å². The third-order valence-corrected chi connectivity index (χ3v) is 2.82. The van der Waals surface area contributed by atoms with Crippen molar-refractivity contribution < 1.29 is 27.0 Å². The molecule has 1 atom stereocenters. The number of halogens is 4. The fourth-order valence-electron chi connectivity index (χ4n) is 1.91. The van der Waals surface area contributed by atoms with Crippen LogP contribution in [0, 0.1) is 5.82 Å². The van der Waals surface area contributed by atoms with Crippen LogP contribution in [0.4, 0.5) is 17.6 Å². The number of hydrogen-bond acceptors (Lipinski definition) is 3. The first-order valence-corrected chi connectivity index (χ1v) is 6.00. The van der Waals surface area contributed by atoms with E-state index in [2.05, 4.69) is 5.32 Å². The summed E-state index contributed by atoms with van der Waals surface area (Å²) in [7, 11) is 2.76. The first-order chi connectivity index (χ1) is 9.35. The van der Waals surface area contributed by atoms with Crippen LogP contribution in [-0.4, -0.2) is 27.1 Å². The van der Waals surface area contributed by atoms with E-state index < -0.39 is 29.9 Å². The minimum absolute atomic E-state index is 0.245. The van der Waals surface area contributed by atoms with Gasteiger partial charge in [0.05, 0.1) is 11.6 Å². The third kappa shape index (κ3) is 3.91. The summed E-state index contributed by atoms with van der Waals surface area (Å²) in [5.41, 5.74) is -1.06. The highest BCUT2D eigenvalue weighted by molar-refractivity contribution is 5.30. The van der Waals surface area contributed by atoms with E-state index in [1.54, 1.807) is 6.92 Å². The number of benzene rings is 1. The van der Waals surface area contributed by atoms with E-state index >= 15 is 0 Å². The van der Waals surface area contributed by atoms with Crippen molar-refractivity contribution in [3.63, 3.8) is 0 Å². The first-order valence-electron chi connectivity index (χ1n) is 6.00. The van der Waals surface area contributed by atoms with Crippen LogP contribution in [0.1, 0.15) is 24.1 Å². The van der Waals surface area contributed by atoms with Crippen molar-refractivity contribution in [2.75, 3.05) is 20.8 Å². The van der Waals surface area contributed by atoms with Crippen LogP contribution in [0.5, 0.6) is 0 Å². The van der Waals surface area contributed by atoms with Gasteiger partial charge in [-0.1, -0.05) is 13.0 Å². The molecule has 20 heavy (non-hydrogen) atoms. The minimum Gasteiger partial charge on any atom is -0.354 e. The summed E-state index contributed by atoms with van der Waals surface area (Å²) in [6.07, 6.45) is -5.52. The molecule has 0 aromatic heterocycles. The molecule has 1 unspecified atom stereocenters. The van der Waals surface area contributed by atoms with Crippen LogP contribution >= 0.6 is 0 Å². The summed E-state index contributed by atoms with van der Waals surface area (Å²) in [4.78, 5) is 0. The summed E-state index contributed by atoms with van der Waals surface area (Å²) < 4.78 is 61.6. The van der Waals surface area contributed by atoms with Gasteiger partial charge >= 0.3 is 6.18 Å². The van der Waals surface area contributed by atoms with Crippen molar-refractivity contribution in [3.05, 3.63) is 35.1 Å². The SMILES string of the molecule is CCNC(c1ccc(F)c(C(F)(F)F)c1)C(OC)OC. The maximum atomic E-state index is 13.3. The predicted molar refractivity (Wildman–Crippen MR) is 65.6 cm³/mol. The zero-order chi connectivity index (χ0) is 15.3. The monoisotopic (exact) mass is 295 g/mol. The number of methoxy groups -OCH3 is 2. The highest BCUT2D eigenvalue weighted by Gasteiger charge is 2.35. The average Bonchev–Trinajstić information content (AvgIpc) is 2.38. The van der Waals surface area contributed by atoms with Crippen LogP contribution in [0.15, 0.2) is 18.2 Å². The van der Waals surface area contributed by atoms with Crippen LogP contribution in [0.3, 0.4) is 0 Å². The number of likely N-dealkylation sites (N-methyl/N-ethyl adjacent to an activating group) is 1. The van der Waals surface area contributed by atoms with Gasteiger partial charge in [0, 0.05) is 14.2 Å². The lowest BCUT2D eigenvalue weighted by Crippen LogP contribution is -2.34. The van der Waals surface area contributed by atoms with E-state index in [-0.39, 0.29) is 5.56 Å². The van der Waals surface area contributed by atoms with Gasteiger partial charge in [-0.05, 0) is 24.2 Å². The van der Waals surface area contributed by atoms with Crippen LogP contribution in [-0.2, 0) is 15.7 Å². The Kier molecular flexibility index (Phi) is 5.91. The van der Waals surface area contributed by atoms with Gasteiger partial charge in [0.15, 0.2) is 6.29 Å². The Bertz CT molecular complexity index is 433. The molecule has 0 amide bonds. The van der Waals surface area contributed by atoms with E-state index in [1.165, 1.54) is 20.3 Å². The number of nitrogens with one attached hydrogen (secondary N) is 1. The van der Waals surface area contributed by atoms with Crippen molar-refractivity contribution >= 4 is 0 Å². The van der Waals surface area contributed by atoms with E-state index in [9.17, 15) is 17.6 Å². The Morgan fingerprint density at radius 1 is 1.20 bits per heavy atom. The fourth-order valence-corrected chi connectivity index (χ4v) is 1.91. The van der Waals surface area contributed by atoms with Crippen LogP contribution in [0.2, 0.25) is 0 Å². The first kappa shape index (κ1) is 16.9. The molecule has 0 spiro atoms. The quantitative estimate of drug-likeness (QED) is 0.646. The lowest BCUT2D eigenvalue weighted by molar-refractivity contribution is -0.140. The molecule has 1 rings (SSSR count). The number of alkyl halides is 3. The Hall–Kier alpha value is -1.18. The number of ether oxygens (including phenoxy) is 2. The number of rotatable bonds is 6. The van der Waals surface area contributed by atoms with Gasteiger partial charge in [0.1, 0.15) is 5.82 Å². The summed E-state index contributed by atoms with van der Waals surface area (Å²) in [6.45, 7) is 2.29. The summed E-state index contributed by atoms with van der Waals surface area (Å²) >= 11 is 0. The van der Waals surface area contributed by atoms with Crippen molar-refractivity contribution in [2.45, 2.75) is 25.4 Å². The van der Waals surface area contributed by atoms with Gasteiger partial charge in [-0.25, -0.2) is 4.39 Å². The molecular weight excluding hydrogens is 278 g/mol. The smallest absolute Gasteiger partial charge is 0.354 e. The van der Waals surface area contributed by atoms with Crippen molar-refractivity contribution in [3.8, 4) is 0 Å². The van der Waals surface area contributed by atoms with Crippen molar-refractivity contribution in [2.24, 2.45) is 0 Å². The molecule has 1 aromatic carbocycles. The van der Waals surface area contributed by atoms with Crippen molar-refractivity contribution in [1.29, 1.82) is 0 Å². The third-order valence-electron chi connectivity index (χ3n) is 2.82. The normalized spacial score (nSPS) is 13.8. The van der Waals surface area contributed by atoms with E-state index in [0.717, 1.165) is 12.1 Å². The Labute approximate surface area is 114 Å². The van der Waals surface area contributed by atoms with Gasteiger partial charge < -0.3 is 14.8 Å². The molecular formula is C13H17F4NO2. The molecule has 1 N–H and O–H groups in total. The number of hydrogen-bond donors (Lipinski definition) is 1. The molecule has 0 fully saturated rings. The minimum atomic E-state index is -4.74. The maximum absolute atomic E-state index is 13.3. The molecule has 0 aliphatic carbocycles. The molecule has 3 nitrogen and oxygen atoms in total. The molecule has 114 valence electrons. The maximum Gasteiger partial charge on any atom is 0.419 e. The molecule has 0 heterocycles. The highest BCUT2D eigenvalue weighted by atomic mass is 19.4. The summed E-state index contributed by atoms with van der Waals surface area (Å²) in [6, 6.07) is 2.22. The molecule has 0 aliphatic rings. The second kappa shape index (κ2) is 7.01. The topological polar surface area (TPSA) is 30.5 Å². The highest BCUT2D eigenvalue weighted by Crippen LogP contribution is 2.33. The fraction of sp³-hybridized carbons (Fsp3) is 0.538. The Balaban J connectivity index is 3.21. The van der Waals surface area contributed by atoms with Crippen LogP contribution < -0.4 is 5.32 Å².